The molecule has 112 valence electrons. The molecule has 0 aliphatic heterocycles. The molecule has 4 heteroatoms. The molecule has 0 amide bonds. The highest BCUT2D eigenvalue weighted by molar-refractivity contribution is 5.45. The summed E-state index contributed by atoms with van der Waals surface area (Å²) in [5.41, 5.74) is 2.47. The van der Waals surface area contributed by atoms with E-state index in [1.807, 2.05) is 4.68 Å². The number of hydrogen-bond donors (Lipinski definition) is 1. The third kappa shape index (κ3) is 3.63. The third-order valence-electron chi connectivity index (χ3n) is 4.58. The van der Waals surface area contributed by atoms with Gasteiger partial charge in [-0.25, -0.2) is 9.67 Å². The lowest BCUT2D eigenvalue weighted by molar-refractivity contribution is 0.281. The first-order valence-corrected chi connectivity index (χ1v) is 7.88. The second kappa shape index (κ2) is 6.29. The van der Waals surface area contributed by atoms with Crippen LogP contribution in [0, 0.1) is 11.8 Å². The van der Waals surface area contributed by atoms with Crippen LogP contribution in [0.3, 0.4) is 0 Å². The van der Waals surface area contributed by atoms with Gasteiger partial charge in [-0.05, 0) is 42.4 Å². The van der Waals surface area contributed by atoms with Crippen LogP contribution in [0.5, 0.6) is 0 Å². The summed E-state index contributed by atoms with van der Waals surface area (Å²) in [6.07, 6.45) is 7.31. The zero-order valence-corrected chi connectivity index (χ0v) is 12.9. The number of nitrogens with zero attached hydrogens (tertiary/aromatic N) is 3. The van der Waals surface area contributed by atoms with Crippen LogP contribution in [0.25, 0.3) is 0 Å². The predicted molar refractivity (Wildman–Crippen MR) is 85.2 cm³/mol. The molecule has 2 aromatic rings. The van der Waals surface area contributed by atoms with Gasteiger partial charge < -0.3 is 5.32 Å². The van der Waals surface area contributed by atoms with E-state index in [-0.39, 0.29) is 0 Å². The standard InChI is InChI=1S/C17H24N4/c1-13-3-4-14(2)17(9-13)20-16-7-5-15(6-8-16)10-21-12-18-11-19-21/h5-8,11-14,17,20H,3-4,9-10H2,1-2H3. The number of benzene rings is 1. The van der Waals surface area contributed by atoms with E-state index < -0.39 is 0 Å². The normalized spacial score (nSPS) is 25.7. The van der Waals surface area contributed by atoms with Crippen molar-refractivity contribution in [3.8, 4) is 0 Å². The van der Waals surface area contributed by atoms with Crippen molar-refractivity contribution in [2.45, 2.75) is 45.7 Å². The highest BCUT2D eigenvalue weighted by Crippen LogP contribution is 2.30. The molecular weight excluding hydrogens is 260 g/mol. The van der Waals surface area contributed by atoms with E-state index >= 15 is 0 Å². The van der Waals surface area contributed by atoms with Crippen molar-refractivity contribution in [3.63, 3.8) is 0 Å². The molecule has 0 spiro atoms. The summed E-state index contributed by atoms with van der Waals surface area (Å²) in [6.45, 7) is 5.50. The lowest BCUT2D eigenvalue weighted by atomic mass is 9.80. The number of aromatic nitrogens is 3. The van der Waals surface area contributed by atoms with E-state index in [0.29, 0.717) is 6.04 Å². The summed E-state index contributed by atoms with van der Waals surface area (Å²) >= 11 is 0. The number of anilines is 1. The quantitative estimate of drug-likeness (QED) is 0.933. The molecule has 1 N–H and O–H groups in total. The van der Waals surface area contributed by atoms with Crippen LogP contribution in [0.1, 0.15) is 38.7 Å². The Morgan fingerprint density at radius 2 is 2.00 bits per heavy atom. The van der Waals surface area contributed by atoms with Crippen LogP contribution in [-0.2, 0) is 6.54 Å². The predicted octanol–water partition coefficient (Wildman–Crippen LogP) is 3.56. The molecule has 3 atom stereocenters. The SMILES string of the molecule is CC1CCC(C)C(Nc2ccc(Cn3cncn3)cc2)C1. The first-order valence-electron chi connectivity index (χ1n) is 7.88. The molecule has 1 aliphatic carbocycles. The van der Waals surface area contributed by atoms with Crippen molar-refractivity contribution in [3.05, 3.63) is 42.5 Å². The number of nitrogens with one attached hydrogen (secondary N) is 1. The maximum atomic E-state index is 4.14. The summed E-state index contributed by atoms with van der Waals surface area (Å²) < 4.78 is 1.84. The zero-order valence-electron chi connectivity index (χ0n) is 12.9. The van der Waals surface area contributed by atoms with Crippen molar-refractivity contribution < 1.29 is 0 Å². The zero-order chi connectivity index (χ0) is 14.7. The Labute approximate surface area is 126 Å². The third-order valence-corrected chi connectivity index (χ3v) is 4.58. The Kier molecular flexibility index (Phi) is 4.23. The van der Waals surface area contributed by atoms with E-state index in [1.165, 1.54) is 30.5 Å². The lowest BCUT2D eigenvalue weighted by Crippen LogP contribution is -2.33. The van der Waals surface area contributed by atoms with Gasteiger partial charge in [-0.15, -0.1) is 0 Å². The molecule has 3 rings (SSSR count). The average molecular weight is 284 g/mol. The summed E-state index contributed by atoms with van der Waals surface area (Å²) in [4.78, 5) is 3.97. The maximum Gasteiger partial charge on any atom is 0.137 e. The molecular formula is C17H24N4. The summed E-state index contributed by atoms with van der Waals surface area (Å²) in [5, 5.41) is 7.85. The minimum atomic E-state index is 0.606. The molecule has 4 nitrogen and oxygen atoms in total. The van der Waals surface area contributed by atoms with Gasteiger partial charge >= 0.3 is 0 Å². The molecule has 0 radical (unpaired) electrons. The van der Waals surface area contributed by atoms with Gasteiger partial charge in [-0.1, -0.05) is 32.4 Å². The Hall–Kier alpha value is -1.84. The van der Waals surface area contributed by atoms with Gasteiger partial charge in [-0.2, -0.15) is 5.10 Å². The molecule has 1 aromatic carbocycles. The Morgan fingerprint density at radius 1 is 1.19 bits per heavy atom. The fraction of sp³-hybridized carbons (Fsp3) is 0.529. The van der Waals surface area contributed by atoms with Crippen LogP contribution in [0.2, 0.25) is 0 Å². The molecule has 1 fully saturated rings. The van der Waals surface area contributed by atoms with Crippen molar-refractivity contribution in [1.82, 2.24) is 14.8 Å². The van der Waals surface area contributed by atoms with Crippen LogP contribution >= 0.6 is 0 Å². The van der Waals surface area contributed by atoms with Crippen LogP contribution in [-0.4, -0.2) is 20.8 Å². The van der Waals surface area contributed by atoms with E-state index in [2.05, 4.69) is 53.5 Å². The smallest absolute Gasteiger partial charge is 0.137 e. The summed E-state index contributed by atoms with van der Waals surface area (Å²) in [5.74, 6) is 1.60. The first-order chi connectivity index (χ1) is 10.2. The average Bonchev–Trinajstić information content (AvgIpc) is 2.98. The van der Waals surface area contributed by atoms with Crippen LogP contribution < -0.4 is 5.32 Å². The minimum Gasteiger partial charge on any atom is -0.382 e. The maximum absolute atomic E-state index is 4.14. The molecule has 0 saturated heterocycles. The van der Waals surface area contributed by atoms with Gasteiger partial charge in [0.05, 0.1) is 6.54 Å². The van der Waals surface area contributed by atoms with Gasteiger partial charge in [0.2, 0.25) is 0 Å². The summed E-state index contributed by atoms with van der Waals surface area (Å²) in [6, 6.07) is 9.30. The van der Waals surface area contributed by atoms with E-state index in [4.69, 9.17) is 0 Å². The van der Waals surface area contributed by atoms with Crippen LogP contribution in [0.15, 0.2) is 36.9 Å². The topological polar surface area (TPSA) is 42.7 Å². The Morgan fingerprint density at radius 3 is 2.71 bits per heavy atom. The van der Waals surface area contributed by atoms with E-state index in [1.54, 1.807) is 12.7 Å². The second-order valence-corrected chi connectivity index (χ2v) is 6.44. The Bertz CT molecular complexity index is 547. The van der Waals surface area contributed by atoms with Gasteiger partial charge in [0.1, 0.15) is 12.7 Å². The fourth-order valence-electron chi connectivity index (χ4n) is 3.16. The fourth-order valence-corrected chi connectivity index (χ4v) is 3.16. The van der Waals surface area contributed by atoms with Crippen molar-refractivity contribution in [2.75, 3.05) is 5.32 Å². The largest absolute Gasteiger partial charge is 0.382 e. The molecule has 1 aromatic heterocycles. The molecule has 0 bridgehead atoms. The highest BCUT2D eigenvalue weighted by atomic mass is 15.3. The minimum absolute atomic E-state index is 0.606. The lowest BCUT2D eigenvalue weighted by Gasteiger charge is -2.34. The van der Waals surface area contributed by atoms with Gasteiger partial charge in [0, 0.05) is 11.7 Å². The Balaban J connectivity index is 1.61. The van der Waals surface area contributed by atoms with Crippen molar-refractivity contribution >= 4 is 5.69 Å². The molecule has 1 heterocycles. The van der Waals surface area contributed by atoms with Crippen molar-refractivity contribution in [2.24, 2.45) is 11.8 Å². The molecule has 21 heavy (non-hydrogen) atoms. The monoisotopic (exact) mass is 284 g/mol. The molecule has 1 saturated carbocycles. The molecule has 3 unspecified atom stereocenters. The highest BCUT2D eigenvalue weighted by Gasteiger charge is 2.25. The van der Waals surface area contributed by atoms with E-state index in [0.717, 1.165) is 18.4 Å². The molecule has 1 aliphatic rings. The van der Waals surface area contributed by atoms with Gasteiger partial charge in [0.15, 0.2) is 0 Å². The second-order valence-electron chi connectivity index (χ2n) is 6.44. The van der Waals surface area contributed by atoms with Crippen molar-refractivity contribution in [1.29, 1.82) is 0 Å². The summed E-state index contributed by atoms with van der Waals surface area (Å²) in [7, 11) is 0. The number of rotatable bonds is 4. The van der Waals surface area contributed by atoms with E-state index in [9.17, 15) is 0 Å². The van der Waals surface area contributed by atoms with Gasteiger partial charge in [-0.3, -0.25) is 0 Å². The first kappa shape index (κ1) is 14.1. The van der Waals surface area contributed by atoms with Crippen LogP contribution in [0.4, 0.5) is 5.69 Å². The number of hydrogen-bond acceptors (Lipinski definition) is 3. The van der Waals surface area contributed by atoms with Gasteiger partial charge in [0.25, 0.3) is 0 Å².